The van der Waals surface area contributed by atoms with Gasteiger partial charge in [-0.05, 0) is 79.3 Å². The number of likely N-dealkylation sites (N-methyl/N-ethyl adjacent to an activating group) is 1. The molecule has 1 N–H and O–H groups in total. The smallest absolute Gasteiger partial charge is 0.269 e. The average Bonchev–Trinajstić information content (AvgIpc) is 3.38. The molecule has 1 aliphatic rings. The van der Waals surface area contributed by atoms with Crippen LogP contribution >= 0.6 is 27.3 Å². The van der Waals surface area contributed by atoms with Gasteiger partial charge in [0.05, 0.1) is 25.5 Å². The van der Waals surface area contributed by atoms with Crippen LogP contribution in [-0.2, 0) is 16.6 Å². The lowest BCUT2D eigenvalue weighted by Gasteiger charge is -2.37. The maximum absolute atomic E-state index is 15.7. The zero-order valence-corrected chi connectivity index (χ0v) is 27.0. The van der Waals surface area contributed by atoms with Gasteiger partial charge >= 0.3 is 0 Å². The monoisotopic (exact) mass is 677 g/mol. The summed E-state index contributed by atoms with van der Waals surface area (Å²) in [6.45, 7) is -0.150. The third-order valence-electron chi connectivity index (χ3n) is 7.47. The molecule has 5 rings (SSSR count). The van der Waals surface area contributed by atoms with Crippen LogP contribution in [-0.4, -0.2) is 63.7 Å². The normalized spacial score (nSPS) is 17.4. The summed E-state index contributed by atoms with van der Waals surface area (Å²) in [5.41, 5.74) is 1.49. The van der Waals surface area contributed by atoms with Crippen molar-refractivity contribution in [3.63, 3.8) is 0 Å². The van der Waals surface area contributed by atoms with Crippen LogP contribution in [0.3, 0.4) is 0 Å². The number of benzene rings is 2. The van der Waals surface area contributed by atoms with Crippen LogP contribution in [0.2, 0.25) is 0 Å². The van der Waals surface area contributed by atoms with E-state index >= 15 is 4.39 Å². The van der Waals surface area contributed by atoms with Gasteiger partial charge in [0.15, 0.2) is 5.65 Å². The van der Waals surface area contributed by atoms with Gasteiger partial charge in [0.2, 0.25) is 5.13 Å². The zero-order chi connectivity index (χ0) is 30.0. The molecule has 0 unspecified atom stereocenters. The summed E-state index contributed by atoms with van der Waals surface area (Å²) in [5.74, 6) is 0.146. The molecule has 42 heavy (non-hydrogen) atoms. The molecule has 1 aliphatic carbocycles. The van der Waals surface area contributed by atoms with E-state index in [1.54, 1.807) is 30.5 Å². The predicted molar refractivity (Wildman–Crippen MR) is 168 cm³/mol. The summed E-state index contributed by atoms with van der Waals surface area (Å²) in [7, 11) is 2.71. The highest BCUT2D eigenvalue weighted by atomic mass is 79.9. The molecule has 2 heterocycles. The number of halogens is 2. The first-order chi connectivity index (χ1) is 20.1. The summed E-state index contributed by atoms with van der Waals surface area (Å²) in [6.07, 6.45) is 5.85. The van der Waals surface area contributed by atoms with Gasteiger partial charge in [-0.15, -0.1) is 0 Å². The molecule has 4 aromatic rings. The van der Waals surface area contributed by atoms with Gasteiger partial charge in [0, 0.05) is 40.1 Å². The molecule has 0 radical (unpaired) electrons. The maximum atomic E-state index is 15.7. The number of aromatic nitrogens is 2. The maximum Gasteiger partial charge on any atom is 0.269 e. The van der Waals surface area contributed by atoms with Crippen molar-refractivity contribution in [2.75, 3.05) is 37.9 Å². The average molecular weight is 679 g/mol. The van der Waals surface area contributed by atoms with Gasteiger partial charge in [-0.1, -0.05) is 24.2 Å². The van der Waals surface area contributed by atoms with Crippen LogP contribution in [0.15, 0.2) is 58.0 Å². The minimum absolute atomic E-state index is 0.143. The van der Waals surface area contributed by atoms with Crippen molar-refractivity contribution >= 4 is 58.5 Å². The van der Waals surface area contributed by atoms with E-state index in [0.717, 1.165) is 45.8 Å². The zero-order valence-electron chi connectivity index (χ0n) is 23.8. The molecule has 0 spiro atoms. The number of rotatable bonds is 10. The van der Waals surface area contributed by atoms with E-state index in [1.807, 2.05) is 20.2 Å². The van der Waals surface area contributed by atoms with E-state index in [-0.39, 0.29) is 17.7 Å². The predicted octanol–water partition coefficient (Wildman–Crippen LogP) is 6.29. The Hall–Kier alpha value is -3.00. The number of methoxy groups -OCH3 is 2. The van der Waals surface area contributed by atoms with E-state index in [2.05, 4.69) is 36.1 Å². The number of ether oxygens (including phenoxy) is 2. The molecule has 224 valence electrons. The molecular formula is C29H33BrFN5O4S2. The number of anilines is 2. The van der Waals surface area contributed by atoms with Crippen LogP contribution < -0.4 is 19.1 Å². The van der Waals surface area contributed by atoms with Crippen LogP contribution in [0.1, 0.15) is 31.2 Å². The third kappa shape index (κ3) is 6.34. The van der Waals surface area contributed by atoms with Crippen molar-refractivity contribution in [3.8, 4) is 11.5 Å². The number of sulfonamides is 1. The standard InChI is InChI=1S/C29H33BrFN5O4S2/c1-35(2)24-8-6-5-7-23(24)33-20-10-12-27(22(31)14-20)42(37,38)36(17-18-9-11-21(39-3)15-25(18)40-4)29-34-28-26(41-29)13-19(30)16-32-28/h9-16,23-24,33H,5-8,17H2,1-4H3/t23-,24-/m0/s1. The van der Waals surface area contributed by atoms with Gasteiger partial charge in [0.25, 0.3) is 10.0 Å². The second kappa shape index (κ2) is 12.7. The van der Waals surface area contributed by atoms with Gasteiger partial charge in [-0.3, -0.25) is 0 Å². The van der Waals surface area contributed by atoms with E-state index in [0.29, 0.717) is 39.1 Å². The van der Waals surface area contributed by atoms with E-state index in [1.165, 1.54) is 26.4 Å². The number of pyridine rings is 1. The highest BCUT2D eigenvalue weighted by Gasteiger charge is 2.32. The Morgan fingerprint density at radius 3 is 2.60 bits per heavy atom. The molecule has 13 heteroatoms. The Bertz CT molecular complexity index is 1680. The number of fused-ring (bicyclic) bond motifs is 1. The molecule has 0 aliphatic heterocycles. The van der Waals surface area contributed by atoms with Crippen molar-refractivity contribution in [1.29, 1.82) is 0 Å². The largest absolute Gasteiger partial charge is 0.497 e. The second-order valence-corrected chi connectivity index (χ2v) is 14.1. The Morgan fingerprint density at radius 2 is 1.88 bits per heavy atom. The van der Waals surface area contributed by atoms with Crippen LogP contribution in [0.5, 0.6) is 11.5 Å². The lowest BCUT2D eigenvalue weighted by molar-refractivity contribution is 0.211. The topological polar surface area (TPSA) is 96.9 Å². The quantitative estimate of drug-likeness (QED) is 0.209. The second-order valence-electron chi connectivity index (χ2n) is 10.4. The fraction of sp³-hybridized carbons (Fsp3) is 0.379. The van der Waals surface area contributed by atoms with Gasteiger partial charge in [0.1, 0.15) is 22.2 Å². The van der Waals surface area contributed by atoms with Crippen molar-refractivity contribution in [2.45, 2.75) is 49.2 Å². The Morgan fingerprint density at radius 1 is 1.10 bits per heavy atom. The summed E-state index contributed by atoms with van der Waals surface area (Å²) < 4.78 is 57.5. The Kier molecular flexibility index (Phi) is 9.21. The van der Waals surface area contributed by atoms with Crippen molar-refractivity contribution in [3.05, 3.63) is 64.5 Å². The molecule has 0 bridgehead atoms. The molecule has 1 fully saturated rings. The molecule has 0 saturated heterocycles. The fourth-order valence-electron chi connectivity index (χ4n) is 5.31. The van der Waals surface area contributed by atoms with E-state index in [4.69, 9.17) is 9.47 Å². The lowest BCUT2D eigenvalue weighted by atomic mass is 9.89. The van der Waals surface area contributed by atoms with Gasteiger partial charge in [-0.25, -0.2) is 22.1 Å². The van der Waals surface area contributed by atoms with Gasteiger partial charge < -0.3 is 19.7 Å². The summed E-state index contributed by atoms with van der Waals surface area (Å²) >= 11 is 4.56. The van der Waals surface area contributed by atoms with Gasteiger partial charge in [-0.2, -0.15) is 4.98 Å². The van der Waals surface area contributed by atoms with Crippen molar-refractivity contribution < 1.29 is 22.3 Å². The van der Waals surface area contributed by atoms with Crippen LogP contribution in [0.25, 0.3) is 10.3 Å². The lowest BCUT2D eigenvalue weighted by Crippen LogP contribution is -2.45. The summed E-state index contributed by atoms with van der Waals surface area (Å²) in [5, 5.41) is 3.60. The first kappa shape index (κ1) is 30.5. The highest BCUT2D eigenvalue weighted by Crippen LogP contribution is 2.37. The third-order valence-corrected chi connectivity index (χ3v) is 10.8. The Labute approximate surface area is 257 Å². The summed E-state index contributed by atoms with van der Waals surface area (Å²) in [6, 6.07) is 11.6. The fourth-order valence-corrected chi connectivity index (χ4v) is 8.41. The molecule has 2 aromatic heterocycles. The molecule has 2 atom stereocenters. The number of hydrogen-bond acceptors (Lipinski definition) is 9. The van der Waals surface area contributed by atoms with Crippen molar-refractivity contribution in [2.24, 2.45) is 0 Å². The number of thiazole rings is 1. The van der Waals surface area contributed by atoms with Crippen LogP contribution in [0, 0.1) is 5.82 Å². The summed E-state index contributed by atoms with van der Waals surface area (Å²) in [4.78, 5) is 10.6. The van der Waals surface area contributed by atoms with E-state index < -0.39 is 20.7 Å². The van der Waals surface area contributed by atoms with Crippen molar-refractivity contribution in [1.82, 2.24) is 14.9 Å². The van der Waals surface area contributed by atoms with Crippen LogP contribution in [0.4, 0.5) is 15.2 Å². The molecule has 0 amide bonds. The highest BCUT2D eigenvalue weighted by molar-refractivity contribution is 9.10. The number of nitrogens with zero attached hydrogens (tertiary/aromatic N) is 4. The SMILES string of the molecule is COc1ccc(CN(c2nc3ncc(Br)cc3s2)S(=O)(=O)c2ccc(N[C@H]3CCCC[C@@H]3N(C)C)cc2F)c(OC)c1. The first-order valence-corrected chi connectivity index (χ1v) is 16.5. The van der Waals surface area contributed by atoms with E-state index in [9.17, 15) is 8.42 Å². The number of nitrogens with one attached hydrogen (secondary N) is 1. The molecule has 1 saturated carbocycles. The number of hydrogen-bond donors (Lipinski definition) is 1. The molecule has 2 aromatic carbocycles. The molecule has 9 nitrogen and oxygen atoms in total. The first-order valence-electron chi connectivity index (χ1n) is 13.5. The molecular weight excluding hydrogens is 645 g/mol. The minimum atomic E-state index is -4.41. The minimum Gasteiger partial charge on any atom is -0.497 e. The Balaban J connectivity index is 1.53.